The van der Waals surface area contributed by atoms with Crippen molar-refractivity contribution in [1.29, 1.82) is 0 Å². The number of amides is 2. The minimum Gasteiger partial charge on any atom is -0.378 e. The molecule has 0 aromatic heterocycles. The molecule has 2 amide bonds. The number of benzene rings is 1. The summed E-state index contributed by atoms with van der Waals surface area (Å²) in [5, 5.41) is 2.98. The highest BCUT2D eigenvalue weighted by Gasteiger charge is 2.35. The van der Waals surface area contributed by atoms with Crippen LogP contribution in [-0.4, -0.2) is 55.6 Å². The zero-order valence-electron chi connectivity index (χ0n) is 13.1. The van der Waals surface area contributed by atoms with Gasteiger partial charge < -0.3 is 19.9 Å². The highest BCUT2D eigenvalue weighted by Crippen LogP contribution is 2.36. The number of fused-ring (bicyclic) bond motifs is 3. The van der Waals surface area contributed by atoms with Gasteiger partial charge in [-0.1, -0.05) is 0 Å². The summed E-state index contributed by atoms with van der Waals surface area (Å²) in [5.74, 6) is 0.0549. The molecule has 2 saturated heterocycles. The monoisotopic (exact) mass is 315 g/mol. The van der Waals surface area contributed by atoms with E-state index in [0.717, 1.165) is 37.2 Å². The molecule has 0 saturated carbocycles. The number of hydrogen-bond acceptors (Lipinski definition) is 4. The number of piperidine rings is 1. The van der Waals surface area contributed by atoms with Gasteiger partial charge in [-0.05, 0) is 37.5 Å². The SMILES string of the molecule is O=C1Nc2cc(C(=O)N3CCOCC3)ccc2N2CCCCC12. The molecule has 0 aliphatic carbocycles. The predicted molar refractivity (Wildman–Crippen MR) is 86.8 cm³/mol. The molecule has 23 heavy (non-hydrogen) atoms. The summed E-state index contributed by atoms with van der Waals surface area (Å²) in [4.78, 5) is 28.9. The molecule has 0 bridgehead atoms. The second-order valence-corrected chi connectivity index (χ2v) is 6.33. The van der Waals surface area contributed by atoms with Gasteiger partial charge >= 0.3 is 0 Å². The van der Waals surface area contributed by atoms with Gasteiger partial charge in [0.25, 0.3) is 5.91 Å². The number of carbonyl (C=O) groups is 2. The van der Waals surface area contributed by atoms with E-state index in [1.807, 2.05) is 18.2 Å². The van der Waals surface area contributed by atoms with Gasteiger partial charge in [-0.2, -0.15) is 0 Å². The van der Waals surface area contributed by atoms with Gasteiger partial charge in [0, 0.05) is 25.2 Å². The normalized spacial score (nSPS) is 23.8. The third kappa shape index (κ3) is 2.57. The lowest BCUT2D eigenvalue weighted by atomic mass is 9.96. The summed E-state index contributed by atoms with van der Waals surface area (Å²) in [6.45, 7) is 3.32. The number of anilines is 2. The first-order valence-electron chi connectivity index (χ1n) is 8.32. The molecule has 3 aliphatic heterocycles. The Bertz CT molecular complexity index is 640. The van der Waals surface area contributed by atoms with Crippen LogP contribution in [0.2, 0.25) is 0 Å². The summed E-state index contributed by atoms with van der Waals surface area (Å²) in [7, 11) is 0. The smallest absolute Gasteiger partial charge is 0.254 e. The molecule has 1 unspecified atom stereocenters. The van der Waals surface area contributed by atoms with Gasteiger partial charge in [0.1, 0.15) is 6.04 Å². The van der Waals surface area contributed by atoms with Crippen molar-refractivity contribution in [3.05, 3.63) is 23.8 Å². The first-order chi connectivity index (χ1) is 11.2. The van der Waals surface area contributed by atoms with Crippen molar-refractivity contribution < 1.29 is 14.3 Å². The number of rotatable bonds is 1. The zero-order chi connectivity index (χ0) is 15.8. The third-order valence-electron chi connectivity index (χ3n) is 4.91. The summed E-state index contributed by atoms with van der Waals surface area (Å²) >= 11 is 0. The number of ether oxygens (including phenoxy) is 1. The minimum absolute atomic E-state index is 0.00566. The van der Waals surface area contributed by atoms with Crippen LogP contribution in [0.15, 0.2) is 18.2 Å². The van der Waals surface area contributed by atoms with Gasteiger partial charge in [-0.25, -0.2) is 0 Å². The van der Waals surface area contributed by atoms with Crippen LogP contribution in [0.25, 0.3) is 0 Å². The molecule has 3 aliphatic rings. The molecular weight excluding hydrogens is 294 g/mol. The van der Waals surface area contributed by atoms with Crippen LogP contribution in [0.4, 0.5) is 11.4 Å². The number of hydrogen-bond donors (Lipinski definition) is 1. The average Bonchev–Trinajstić information content (AvgIpc) is 2.61. The molecular formula is C17H21N3O3. The Morgan fingerprint density at radius 2 is 2.00 bits per heavy atom. The quantitative estimate of drug-likeness (QED) is 0.852. The molecule has 122 valence electrons. The number of nitrogens with zero attached hydrogens (tertiary/aromatic N) is 2. The standard InChI is InChI=1S/C17H21N3O3/c21-16-15-3-1-2-6-20(15)14-5-4-12(11-13(14)18-16)17(22)19-7-9-23-10-8-19/h4-5,11,15H,1-3,6-10H2,(H,18,21). The van der Waals surface area contributed by atoms with Crippen LogP contribution >= 0.6 is 0 Å². The molecule has 1 aromatic rings. The van der Waals surface area contributed by atoms with E-state index in [9.17, 15) is 9.59 Å². The third-order valence-corrected chi connectivity index (χ3v) is 4.91. The molecule has 6 nitrogen and oxygen atoms in total. The lowest BCUT2D eigenvalue weighted by Crippen LogP contribution is -2.50. The summed E-state index contributed by atoms with van der Waals surface area (Å²) < 4.78 is 5.29. The average molecular weight is 315 g/mol. The van der Waals surface area contributed by atoms with Crippen LogP contribution in [0.1, 0.15) is 29.6 Å². The molecule has 3 heterocycles. The second kappa shape index (κ2) is 5.85. The van der Waals surface area contributed by atoms with Crippen LogP contribution in [0.3, 0.4) is 0 Å². The maximum atomic E-state index is 12.6. The second-order valence-electron chi connectivity index (χ2n) is 6.33. The van der Waals surface area contributed by atoms with Gasteiger partial charge in [0.15, 0.2) is 0 Å². The summed E-state index contributed by atoms with van der Waals surface area (Å²) in [6.07, 6.45) is 3.11. The molecule has 6 heteroatoms. The fourth-order valence-electron chi connectivity index (χ4n) is 3.68. The fraction of sp³-hybridized carbons (Fsp3) is 0.529. The molecule has 1 atom stereocenters. The Morgan fingerprint density at radius 3 is 2.83 bits per heavy atom. The first kappa shape index (κ1) is 14.5. The lowest BCUT2D eigenvalue weighted by molar-refractivity contribution is -0.118. The fourth-order valence-corrected chi connectivity index (χ4v) is 3.68. The Hall–Kier alpha value is -2.08. The van der Waals surface area contributed by atoms with E-state index in [1.54, 1.807) is 4.90 Å². The Kier molecular flexibility index (Phi) is 3.69. The van der Waals surface area contributed by atoms with Crippen molar-refractivity contribution in [3.63, 3.8) is 0 Å². The lowest BCUT2D eigenvalue weighted by Gasteiger charge is -2.41. The van der Waals surface area contributed by atoms with E-state index in [2.05, 4.69) is 10.2 Å². The van der Waals surface area contributed by atoms with E-state index in [0.29, 0.717) is 31.9 Å². The largest absolute Gasteiger partial charge is 0.378 e. The van der Waals surface area contributed by atoms with E-state index >= 15 is 0 Å². The van der Waals surface area contributed by atoms with Gasteiger partial charge in [0.05, 0.1) is 24.6 Å². The maximum Gasteiger partial charge on any atom is 0.254 e. The van der Waals surface area contributed by atoms with Crippen molar-refractivity contribution in [3.8, 4) is 0 Å². The van der Waals surface area contributed by atoms with E-state index < -0.39 is 0 Å². The van der Waals surface area contributed by atoms with Gasteiger partial charge in [0.2, 0.25) is 5.91 Å². The van der Waals surface area contributed by atoms with Crippen LogP contribution in [0.5, 0.6) is 0 Å². The van der Waals surface area contributed by atoms with Crippen LogP contribution < -0.4 is 10.2 Å². The topological polar surface area (TPSA) is 61.9 Å². The van der Waals surface area contributed by atoms with Crippen molar-refractivity contribution in [2.24, 2.45) is 0 Å². The van der Waals surface area contributed by atoms with E-state index in [-0.39, 0.29) is 17.9 Å². The van der Waals surface area contributed by atoms with Crippen molar-refractivity contribution in [1.82, 2.24) is 4.90 Å². The van der Waals surface area contributed by atoms with Crippen LogP contribution in [-0.2, 0) is 9.53 Å². The molecule has 4 rings (SSSR count). The van der Waals surface area contributed by atoms with Crippen LogP contribution in [0, 0.1) is 0 Å². The minimum atomic E-state index is -0.0583. The van der Waals surface area contributed by atoms with E-state index in [1.165, 1.54) is 0 Å². The Balaban J connectivity index is 1.62. The van der Waals surface area contributed by atoms with Crippen molar-refractivity contribution in [2.75, 3.05) is 43.1 Å². The molecule has 2 fully saturated rings. The first-order valence-corrected chi connectivity index (χ1v) is 8.32. The van der Waals surface area contributed by atoms with Gasteiger partial charge in [-0.3, -0.25) is 9.59 Å². The molecule has 0 radical (unpaired) electrons. The molecule has 1 aromatic carbocycles. The number of carbonyl (C=O) groups excluding carboxylic acids is 2. The van der Waals surface area contributed by atoms with Crippen molar-refractivity contribution in [2.45, 2.75) is 25.3 Å². The highest BCUT2D eigenvalue weighted by atomic mass is 16.5. The summed E-state index contributed by atoms with van der Waals surface area (Å²) in [6, 6.07) is 5.60. The van der Waals surface area contributed by atoms with Crippen molar-refractivity contribution >= 4 is 23.2 Å². The zero-order valence-corrected chi connectivity index (χ0v) is 13.1. The summed E-state index contributed by atoms with van der Waals surface area (Å²) in [5.41, 5.74) is 2.42. The Labute approximate surface area is 135 Å². The molecule has 0 spiro atoms. The van der Waals surface area contributed by atoms with E-state index in [4.69, 9.17) is 4.74 Å². The highest BCUT2D eigenvalue weighted by molar-refractivity contribution is 6.05. The Morgan fingerprint density at radius 1 is 1.17 bits per heavy atom. The number of morpholine rings is 1. The number of nitrogens with one attached hydrogen (secondary N) is 1. The molecule has 1 N–H and O–H groups in total. The van der Waals surface area contributed by atoms with Gasteiger partial charge in [-0.15, -0.1) is 0 Å². The predicted octanol–water partition coefficient (Wildman–Crippen LogP) is 1.47. The maximum absolute atomic E-state index is 12.6.